The highest BCUT2D eigenvalue weighted by Crippen LogP contribution is 2.36. The third-order valence-corrected chi connectivity index (χ3v) is 3.80. The smallest absolute Gasteiger partial charge is 0.398 e. The molecule has 0 N–H and O–H groups in total. The van der Waals surface area contributed by atoms with E-state index in [1.54, 1.807) is 6.20 Å². The highest BCUT2D eigenvalue weighted by atomic mass is 16.7. The SMILES string of the molecule is BC(B)(B)n1nccc1B1OC(C)(C)C(C)(C)O1. The molecule has 0 aromatic carbocycles. The molecule has 18 heavy (non-hydrogen) atoms. The Morgan fingerprint density at radius 3 is 2.11 bits per heavy atom. The molecule has 8 heteroatoms. The summed E-state index contributed by atoms with van der Waals surface area (Å²) in [6, 6.07) is 1.97. The molecule has 0 aliphatic carbocycles. The first kappa shape index (κ1) is 13.8. The van der Waals surface area contributed by atoms with Gasteiger partial charge in [-0.05, 0) is 39.0 Å². The first-order chi connectivity index (χ1) is 8.05. The van der Waals surface area contributed by atoms with Crippen LogP contribution in [0.5, 0.6) is 0 Å². The summed E-state index contributed by atoms with van der Waals surface area (Å²) in [6.45, 7) is 8.24. The largest absolute Gasteiger partial charge is 0.514 e. The normalized spacial score (nSPS) is 22.3. The lowest BCUT2D eigenvalue weighted by atomic mass is 9.49. The van der Waals surface area contributed by atoms with Gasteiger partial charge in [0.05, 0.1) is 16.8 Å². The number of hydrogen-bond donors (Lipinski definition) is 0. The Morgan fingerprint density at radius 2 is 1.67 bits per heavy atom. The standard InChI is InChI=1S/C10H20B4N2O2/c1-8(2)9(3,4)18-14(17-8)7-5-6-15-16(7)10(11,12)13/h5-6H,11-13H2,1-4H3. The molecule has 1 saturated heterocycles. The highest BCUT2D eigenvalue weighted by molar-refractivity contribution is 6.63. The van der Waals surface area contributed by atoms with Crippen molar-refractivity contribution in [3.05, 3.63) is 12.3 Å². The molecular weight excluding hydrogens is 223 g/mol. The van der Waals surface area contributed by atoms with Crippen molar-refractivity contribution in [1.29, 1.82) is 0 Å². The Morgan fingerprint density at radius 1 is 1.17 bits per heavy atom. The Balaban J connectivity index is 2.34. The lowest BCUT2D eigenvalue weighted by Gasteiger charge is -2.32. The fourth-order valence-corrected chi connectivity index (χ4v) is 2.02. The number of aromatic nitrogens is 2. The molecule has 0 atom stereocenters. The van der Waals surface area contributed by atoms with Gasteiger partial charge in [0.25, 0.3) is 0 Å². The molecule has 0 radical (unpaired) electrons. The van der Waals surface area contributed by atoms with Crippen molar-refractivity contribution in [2.75, 3.05) is 0 Å². The van der Waals surface area contributed by atoms with Crippen LogP contribution in [0.3, 0.4) is 0 Å². The highest BCUT2D eigenvalue weighted by Gasteiger charge is 2.53. The van der Waals surface area contributed by atoms with Gasteiger partial charge in [-0.15, -0.1) is 0 Å². The van der Waals surface area contributed by atoms with Gasteiger partial charge in [0.15, 0.2) is 0 Å². The van der Waals surface area contributed by atoms with Crippen molar-refractivity contribution < 1.29 is 9.31 Å². The van der Waals surface area contributed by atoms with Crippen molar-refractivity contribution in [1.82, 2.24) is 9.78 Å². The average Bonchev–Trinajstić information content (AvgIpc) is 2.68. The molecular formula is C10H20B4N2O2. The van der Waals surface area contributed by atoms with Crippen molar-refractivity contribution >= 4 is 36.3 Å². The van der Waals surface area contributed by atoms with Crippen LogP contribution in [0.15, 0.2) is 12.3 Å². The van der Waals surface area contributed by atoms with E-state index in [9.17, 15) is 0 Å². The Hall–Kier alpha value is -0.610. The molecule has 0 spiro atoms. The molecule has 94 valence electrons. The van der Waals surface area contributed by atoms with Crippen molar-refractivity contribution in [2.24, 2.45) is 0 Å². The third kappa shape index (κ3) is 2.16. The van der Waals surface area contributed by atoms with Gasteiger partial charge in [-0.2, -0.15) is 5.10 Å². The Labute approximate surface area is 112 Å². The van der Waals surface area contributed by atoms with Crippen LogP contribution >= 0.6 is 0 Å². The van der Waals surface area contributed by atoms with E-state index in [1.165, 1.54) is 0 Å². The van der Waals surface area contributed by atoms with Crippen LogP contribution in [-0.2, 0) is 14.5 Å². The van der Waals surface area contributed by atoms with E-state index < -0.39 is 0 Å². The lowest BCUT2D eigenvalue weighted by Crippen LogP contribution is -2.49. The second-order valence-electron chi connectivity index (χ2n) is 6.93. The fourth-order valence-electron chi connectivity index (χ4n) is 2.02. The molecule has 2 heterocycles. The van der Waals surface area contributed by atoms with Gasteiger partial charge in [-0.25, -0.2) is 0 Å². The van der Waals surface area contributed by atoms with Gasteiger partial charge in [0, 0.05) is 6.20 Å². The van der Waals surface area contributed by atoms with Crippen LogP contribution in [0, 0.1) is 0 Å². The predicted octanol–water partition coefficient (Wildman–Crippen LogP) is -2.35. The van der Waals surface area contributed by atoms with E-state index in [4.69, 9.17) is 9.31 Å². The molecule has 4 nitrogen and oxygen atoms in total. The van der Waals surface area contributed by atoms with E-state index in [-0.39, 0.29) is 23.6 Å². The van der Waals surface area contributed by atoms with Crippen LogP contribution < -0.4 is 5.59 Å². The minimum atomic E-state index is -0.350. The molecule has 1 aromatic heterocycles. The van der Waals surface area contributed by atoms with Crippen LogP contribution in [0.2, 0.25) is 0 Å². The molecule has 1 aliphatic rings. The molecule has 2 rings (SSSR count). The van der Waals surface area contributed by atoms with E-state index >= 15 is 0 Å². The topological polar surface area (TPSA) is 36.3 Å². The number of hydrogen-bond acceptors (Lipinski definition) is 3. The molecule has 1 fully saturated rings. The maximum atomic E-state index is 6.06. The van der Waals surface area contributed by atoms with E-state index in [2.05, 4.69) is 56.3 Å². The minimum Gasteiger partial charge on any atom is -0.398 e. The maximum Gasteiger partial charge on any atom is 0.514 e. The van der Waals surface area contributed by atoms with Gasteiger partial charge < -0.3 is 9.31 Å². The second-order valence-corrected chi connectivity index (χ2v) is 6.93. The van der Waals surface area contributed by atoms with Crippen LogP contribution in [0.4, 0.5) is 0 Å². The zero-order valence-corrected chi connectivity index (χ0v) is 12.4. The van der Waals surface area contributed by atoms with E-state index in [1.807, 2.05) is 10.7 Å². The summed E-state index contributed by atoms with van der Waals surface area (Å²) in [6.07, 6.45) is 1.80. The molecule has 0 unspecified atom stereocenters. The van der Waals surface area contributed by atoms with Gasteiger partial charge in [0.1, 0.15) is 23.5 Å². The molecule has 0 amide bonds. The monoisotopic (exact) mass is 244 g/mol. The van der Waals surface area contributed by atoms with E-state index in [0.29, 0.717) is 0 Å². The van der Waals surface area contributed by atoms with Gasteiger partial charge in [-0.3, -0.25) is 4.68 Å². The third-order valence-electron chi connectivity index (χ3n) is 3.80. The molecule has 1 aliphatic heterocycles. The number of rotatable bonds is 2. The first-order valence-corrected chi connectivity index (χ1v) is 6.45. The number of nitrogens with zero attached hydrogens (tertiary/aromatic N) is 2. The summed E-state index contributed by atoms with van der Waals surface area (Å²) >= 11 is 0. The van der Waals surface area contributed by atoms with Crippen LogP contribution in [0.25, 0.3) is 0 Å². The minimum absolute atomic E-state index is 0.0809. The summed E-state index contributed by atoms with van der Waals surface area (Å²) in [5.74, 6) is 0. The zero-order chi connectivity index (χ0) is 13.8. The van der Waals surface area contributed by atoms with Gasteiger partial charge >= 0.3 is 7.12 Å². The molecule has 0 bridgehead atoms. The quantitative estimate of drug-likeness (QED) is 0.546. The summed E-state index contributed by atoms with van der Waals surface area (Å²) in [7, 11) is 6.01. The van der Waals surface area contributed by atoms with Crippen LogP contribution in [-0.4, -0.2) is 51.6 Å². The van der Waals surface area contributed by atoms with Crippen molar-refractivity contribution in [3.63, 3.8) is 0 Å². The van der Waals surface area contributed by atoms with Crippen molar-refractivity contribution in [2.45, 2.75) is 44.1 Å². The predicted molar refractivity (Wildman–Crippen MR) is 81.5 cm³/mol. The Kier molecular flexibility index (Phi) is 3.02. The fraction of sp³-hybridized carbons (Fsp3) is 0.700. The summed E-state index contributed by atoms with van der Waals surface area (Å²) in [5, 5.41) is 4.30. The lowest BCUT2D eigenvalue weighted by molar-refractivity contribution is 0.00578. The Bertz CT molecular complexity index is 437. The van der Waals surface area contributed by atoms with Crippen molar-refractivity contribution in [3.8, 4) is 0 Å². The summed E-state index contributed by atoms with van der Waals surface area (Å²) in [5.41, 5.74) is 0.344. The maximum absolute atomic E-state index is 6.06. The summed E-state index contributed by atoms with van der Waals surface area (Å²) in [4.78, 5) is 0. The van der Waals surface area contributed by atoms with E-state index in [0.717, 1.165) is 5.59 Å². The average molecular weight is 244 g/mol. The summed E-state index contributed by atoms with van der Waals surface area (Å²) < 4.78 is 14.1. The first-order valence-electron chi connectivity index (χ1n) is 6.45. The molecule has 0 saturated carbocycles. The zero-order valence-electron chi connectivity index (χ0n) is 12.4. The molecule has 1 aromatic rings. The van der Waals surface area contributed by atoms with Gasteiger partial charge in [-0.1, -0.05) is 0 Å². The van der Waals surface area contributed by atoms with Crippen LogP contribution in [0.1, 0.15) is 27.7 Å². The van der Waals surface area contributed by atoms with Gasteiger partial charge in [0.2, 0.25) is 0 Å². The second kappa shape index (κ2) is 3.94.